The van der Waals surface area contributed by atoms with Crippen LogP contribution in [0, 0.1) is 17.1 Å². The molecule has 0 unspecified atom stereocenters. The van der Waals surface area contributed by atoms with E-state index in [-0.39, 0.29) is 22.8 Å². The number of H-pyrrole nitrogens is 1. The highest BCUT2D eigenvalue weighted by Crippen LogP contribution is 2.34. The molecule has 0 aliphatic carbocycles. The molecular formula is C16H11BrClFN4O3S. The average Bonchev–Trinajstić information content (AvgIpc) is 3.06. The summed E-state index contributed by atoms with van der Waals surface area (Å²) in [5.41, 5.74) is 0.698. The Morgan fingerprint density at radius 2 is 2.22 bits per heavy atom. The molecule has 0 radical (unpaired) electrons. The molecule has 0 spiro atoms. The number of nitrogens with zero attached hydrogens (tertiary/aromatic N) is 2. The van der Waals surface area contributed by atoms with Gasteiger partial charge < -0.3 is 9.72 Å². The molecule has 3 aromatic rings. The first-order valence-electron chi connectivity index (χ1n) is 7.36. The van der Waals surface area contributed by atoms with E-state index >= 15 is 0 Å². The number of fused-ring (bicyclic) bond motifs is 1. The van der Waals surface area contributed by atoms with Crippen LogP contribution in [-0.4, -0.2) is 25.5 Å². The number of methoxy groups -OCH3 is 1. The van der Waals surface area contributed by atoms with Crippen LogP contribution in [0.15, 0.2) is 33.8 Å². The first kappa shape index (κ1) is 19.4. The molecule has 0 amide bonds. The first-order chi connectivity index (χ1) is 12.8. The summed E-state index contributed by atoms with van der Waals surface area (Å²) in [7, 11) is -2.88. The van der Waals surface area contributed by atoms with Gasteiger partial charge in [0.05, 0.1) is 34.6 Å². The van der Waals surface area contributed by atoms with Gasteiger partial charge in [-0.3, -0.25) is 4.72 Å². The number of hydrogen-bond donors (Lipinski definition) is 2. The number of aromatic nitrogens is 2. The van der Waals surface area contributed by atoms with Gasteiger partial charge in [-0.2, -0.15) is 10.2 Å². The van der Waals surface area contributed by atoms with Gasteiger partial charge in [0, 0.05) is 17.1 Å². The minimum atomic E-state index is -4.17. The summed E-state index contributed by atoms with van der Waals surface area (Å²) in [4.78, 5) is 6.56. The van der Waals surface area contributed by atoms with Crippen molar-refractivity contribution in [1.29, 1.82) is 5.26 Å². The van der Waals surface area contributed by atoms with E-state index < -0.39 is 21.7 Å². The minimum Gasteiger partial charge on any atom is -0.481 e. The van der Waals surface area contributed by atoms with Crippen LogP contribution in [0.1, 0.15) is 5.56 Å². The standard InChI is InChI=1S/C16H11BrClFN4O3S/c1-26-16-8(4-5-20)6-11(19)15(22-16)23-27(24,25)12-7-21-14-9(12)2-3-10(18)13(14)17/h2-3,6-7,21H,4H2,1H3,(H,22,23). The Labute approximate surface area is 167 Å². The van der Waals surface area contributed by atoms with Crippen LogP contribution in [0.25, 0.3) is 10.9 Å². The van der Waals surface area contributed by atoms with E-state index in [9.17, 15) is 12.8 Å². The third-order valence-electron chi connectivity index (χ3n) is 3.71. The van der Waals surface area contributed by atoms with Crippen LogP contribution in [0.3, 0.4) is 0 Å². The molecule has 0 saturated carbocycles. The van der Waals surface area contributed by atoms with Crippen molar-refractivity contribution in [3.8, 4) is 11.9 Å². The monoisotopic (exact) mass is 472 g/mol. The molecule has 3 rings (SSSR count). The molecule has 11 heteroatoms. The summed E-state index contributed by atoms with van der Waals surface area (Å²) in [5, 5.41) is 9.55. The van der Waals surface area contributed by atoms with E-state index in [4.69, 9.17) is 21.6 Å². The zero-order chi connectivity index (χ0) is 19.8. The first-order valence-corrected chi connectivity index (χ1v) is 10.0. The zero-order valence-corrected chi connectivity index (χ0v) is 16.8. The largest absolute Gasteiger partial charge is 0.481 e. The topological polar surface area (TPSA) is 108 Å². The number of sulfonamides is 1. The van der Waals surface area contributed by atoms with Gasteiger partial charge in [0.1, 0.15) is 4.90 Å². The number of halogens is 3. The molecule has 0 atom stereocenters. The van der Waals surface area contributed by atoms with Crippen LogP contribution in [-0.2, 0) is 16.4 Å². The number of rotatable bonds is 5. The molecule has 0 aliphatic heterocycles. The Hall–Kier alpha value is -2.35. The molecule has 0 aliphatic rings. The predicted molar refractivity (Wildman–Crippen MR) is 102 cm³/mol. The quantitative estimate of drug-likeness (QED) is 0.582. The number of hydrogen-bond acceptors (Lipinski definition) is 5. The van der Waals surface area contributed by atoms with Gasteiger partial charge >= 0.3 is 0 Å². The number of ether oxygens (including phenoxy) is 1. The van der Waals surface area contributed by atoms with Crippen LogP contribution >= 0.6 is 27.5 Å². The third-order valence-corrected chi connectivity index (χ3v) is 6.45. The van der Waals surface area contributed by atoms with Crippen LogP contribution in [0.2, 0.25) is 5.02 Å². The lowest BCUT2D eigenvalue weighted by Crippen LogP contribution is -2.15. The Bertz CT molecular complexity index is 1190. The van der Waals surface area contributed by atoms with Crippen LogP contribution in [0.4, 0.5) is 10.2 Å². The third kappa shape index (κ3) is 3.58. The van der Waals surface area contributed by atoms with E-state index in [2.05, 4.69) is 30.6 Å². The summed E-state index contributed by atoms with van der Waals surface area (Å²) in [6.45, 7) is 0. The maximum atomic E-state index is 14.3. The lowest BCUT2D eigenvalue weighted by molar-refractivity contribution is 0.392. The zero-order valence-electron chi connectivity index (χ0n) is 13.7. The molecule has 2 aromatic heterocycles. The van der Waals surface area contributed by atoms with E-state index in [1.807, 2.05) is 6.07 Å². The minimum absolute atomic E-state index is 0.0379. The van der Waals surface area contributed by atoms with Crippen molar-refractivity contribution >= 4 is 54.3 Å². The second-order valence-corrected chi connectivity index (χ2v) is 8.22. The summed E-state index contributed by atoms with van der Waals surface area (Å²) in [6, 6.07) is 5.95. The van der Waals surface area contributed by atoms with Crippen molar-refractivity contribution in [2.24, 2.45) is 0 Å². The summed E-state index contributed by atoms with van der Waals surface area (Å²) >= 11 is 9.29. The fourth-order valence-corrected chi connectivity index (χ4v) is 4.29. The summed E-state index contributed by atoms with van der Waals surface area (Å²) in [5.74, 6) is -1.49. The molecule has 27 heavy (non-hydrogen) atoms. The Kier molecular flexibility index (Phi) is 5.28. The van der Waals surface area contributed by atoms with Gasteiger partial charge in [-0.1, -0.05) is 11.6 Å². The number of nitrogens with one attached hydrogen (secondary N) is 2. The van der Waals surface area contributed by atoms with E-state index in [1.165, 1.54) is 19.4 Å². The number of nitriles is 1. The van der Waals surface area contributed by atoms with E-state index in [0.29, 0.717) is 20.4 Å². The highest BCUT2D eigenvalue weighted by molar-refractivity contribution is 9.10. The van der Waals surface area contributed by atoms with Crippen LogP contribution < -0.4 is 9.46 Å². The number of anilines is 1. The van der Waals surface area contributed by atoms with Crippen molar-refractivity contribution in [3.63, 3.8) is 0 Å². The summed E-state index contributed by atoms with van der Waals surface area (Å²) < 4.78 is 47.4. The molecule has 140 valence electrons. The molecule has 1 aromatic carbocycles. The highest BCUT2D eigenvalue weighted by atomic mass is 79.9. The SMILES string of the molecule is COc1nc(NS(=O)(=O)c2c[nH]c3c(Br)c(Cl)ccc23)c(F)cc1CC#N. The fourth-order valence-electron chi connectivity index (χ4n) is 2.49. The molecule has 0 fully saturated rings. The van der Waals surface area contributed by atoms with Gasteiger partial charge in [0.15, 0.2) is 11.6 Å². The van der Waals surface area contributed by atoms with Gasteiger partial charge in [-0.15, -0.1) is 0 Å². The van der Waals surface area contributed by atoms with Crippen molar-refractivity contribution in [1.82, 2.24) is 9.97 Å². The summed E-state index contributed by atoms with van der Waals surface area (Å²) in [6.07, 6.45) is 1.14. The second-order valence-electron chi connectivity index (χ2n) is 5.36. The van der Waals surface area contributed by atoms with Crippen molar-refractivity contribution in [2.45, 2.75) is 11.3 Å². The Balaban J connectivity index is 2.06. The fraction of sp³-hybridized carbons (Fsp3) is 0.125. The van der Waals surface area contributed by atoms with Gasteiger partial charge in [0.2, 0.25) is 5.88 Å². The smallest absolute Gasteiger partial charge is 0.265 e. The lowest BCUT2D eigenvalue weighted by Gasteiger charge is -2.11. The highest BCUT2D eigenvalue weighted by Gasteiger charge is 2.24. The number of aromatic amines is 1. The van der Waals surface area contributed by atoms with Crippen LogP contribution in [0.5, 0.6) is 5.88 Å². The van der Waals surface area contributed by atoms with Crippen molar-refractivity contribution < 1.29 is 17.5 Å². The molecule has 2 heterocycles. The van der Waals surface area contributed by atoms with Crippen molar-refractivity contribution in [2.75, 3.05) is 11.8 Å². The second kappa shape index (κ2) is 7.34. The maximum absolute atomic E-state index is 14.3. The molecule has 2 N–H and O–H groups in total. The van der Waals surface area contributed by atoms with Crippen molar-refractivity contribution in [3.05, 3.63) is 45.3 Å². The molecule has 0 saturated heterocycles. The normalized spacial score (nSPS) is 11.4. The van der Waals surface area contributed by atoms with E-state index in [0.717, 1.165) is 6.07 Å². The molecule has 0 bridgehead atoms. The maximum Gasteiger partial charge on any atom is 0.265 e. The number of pyridine rings is 1. The van der Waals surface area contributed by atoms with Gasteiger partial charge in [0.25, 0.3) is 10.0 Å². The molecular weight excluding hydrogens is 463 g/mol. The predicted octanol–water partition coefficient (Wildman–Crippen LogP) is 3.99. The molecule has 7 nitrogen and oxygen atoms in total. The van der Waals surface area contributed by atoms with Gasteiger partial charge in [-0.25, -0.2) is 12.8 Å². The lowest BCUT2D eigenvalue weighted by atomic mass is 10.2. The van der Waals surface area contributed by atoms with Gasteiger partial charge in [-0.05, 0) is 34.1 Å². The van der Waals surface area contributed by atoms with E-state index in [1.54, 1.807) is 6.07 Å². The Morgan fingerprint density at radius 3 is 2.89 bits per heavy atom. The average molecular weight is 474 g/mol. The number of benzene rings is 1. The Morgan fingerprint density at radius 1 is 1.48 bits per heavy atom.